The molecule has 0 amide bonds. The highest BCUT2D eigenvalue weighted by Gasteiger charge is 2.15. The molecule has 72 valence electrons. The Morgan fingerprint density at radius 3 is 2.85 bits per heavy atom. The van der Waals surface area contributed by atoms with E-state index in [9.17, 15) is 4.79 Å². The number of halogens is 1. The van der Waals surface area contributed by atoms with E-state index in [2.05, 4.69) is 26.0 Å². The number of hydrogen-bond donors (Lipinski definition) is 2. The van der Waals surface area contributed by atoms with Gasteiger partial charge >= 0.3 is 5.97 Å². The summed E-state index contributed by atoms with van der Waals surface area (Å²) in [6, 6.07) is -0.950. The molecule has 13 heavy (non-hydrogen) atoms. The minimum absolute atomic E-state index is 0.134. The number of carboxylic acids is 1. The van der Waals surface area contributed by atoms with Crippen LogP contribution in [0.1, 0.15) is 5.82 Å². The van der Waals surface area contributed by atoms with Crippen LogP contribution < -0.4 is 5.73 Å². The number of aromatic nitrogens is 3. The minimum Gasteiger partial charge on any atom is -0.480 e. The molecule has 1 heterocycles. The smallest absolute Gasteiger partial charge is 0.320 e. The molecule has 1 aromatic heterocycles. The summed E-state index contributed by atoms with van der Waals surface area (Å²) in [7, 11) is 1.70. The van der Waals surface area contributed by atoms with Crippen LogP contribution in [0.15, 0.2) is 4.73 Å². The lowest BCUT2D eigenvalue weighted by Gasteiger charge is -2.00. The molecule has 0 aromatic carbocycles. The maximum Gasteiger partial charge on any atom is 0.320 e. The molecule has 0 bridgehead atoms. The minimum atomic E-state index is -1.05. The fraction of sp³-hybridized carbons (Fsp3) is 0.500. The molecule has 0 saturated heterocycles. The lowest BCUT2D eigenvalue weighted by atomic mass is 10.2. The van der Waals surface area contributed by atoms with Crippen molar-refractivity contribution < 1.29 is 9.90 Å². The Bertz CT molecular complexity index is 305. The quantitative estimate of drug-likeness (QED) is 0.755. The van der Waals surface area contributed by atoms with Crippen LogP contribution in [0, 0.1) is 0 Å². The van der Waals surface area contributed by atoms with Crippen molar-refractivity contribution in [3.05, 3.63) is 10.6 Å². The van der Waals surface area contributed by atoms with E-state index in [1.54, 1.807) is 7.05 Å². The summed E-state index contributed by atoms with van der Waals surface area (Å²) in [5.74, 6) is -0.632. The fourth-order valence-corrected chi connectivity index (χ4v) is 1.07. The number of aryl methyl sites for hydroxylation is 1. The lowest BCUT2D eigenvalue weighted by molar-refractivity contribution is -0.138. The molecule has 1 aromatic rings. The Kier molecular flexibility index (Phi) is 2.99. The highest BCUT2D eigenvalue weighted by Crippen LogP contribution is 2.05. The number of hydrogen-bond acceptors (Lipinski definition) is 4. The van der Waals surface area contributed by atoms with Crippen molar-refractivity contribution in [1.29, 1.82) is 0 Å². The van der Waals surface area contributed by atoms with Gasteiger partial charge < -0.3 is 10.8 Å². The van der Waals surface area contributed by atoms with Gasteiger partial charge in [-0.3, -0.25) is 4.79 Å². The summed E-state index contributed by atoms with van der Waals surface area (Å²) < 4.78 is 2.06. The van der Waals surface area contributed by atoms with Crippen molar-refractivity contribution in [2.45, 2.75) is 12.5 Å². The van der Waals surface area contributed by atoms with Crippen LogP contribution in [-0.2, 0) is 18.3 Å². The second kappa shape index (κ2) is 3.84. The first kappa shape index (κ1) is 10.1. The zero-order chi connectivity index (χ0) is 10.0. The van der Waals surface area contributed by atoms with Gasteiger partial charge in [0.2, 0.25) is 0 Å². The van der Waals surface area contributed by atoms with Gasteiger partial charge in [0.05, 0.1) is 0 Å². The van der Waals surface area contributed by atoms with Gasteiger partial charge in [0.25, 0.3) is 0 Å². The molecule has 0 aliphatic rings. The van der Waals surface area contributed by atoms with Crippen LogP contribution >= 0.6 is 15.9 Å². The molecule has 1 rings (SSSR count). The van der Waals surface area contributed by atoms with Gasteiger partial charge in [0, 0.05) is 13.5 Å². The number of aliphatic carboxylic acids is 1. The van der Waals surface area contributed by atoms with Crippen LogP contribution in [0.25, 0.3) is 0 Å². The zero-order valence-corrected chi connectivity index (χ0v) is 8.52. The largest absolute Gasteiger partial charge is 0.480 e. The Morgan fingerprint density at radius 2 is 2.46 bits per heavy atom. The monoisotopic (exact) mass is 248 g/mol. The summed E-state index contributed by atoms with van der Waals surface area (Å²) >= 11 is 3.14. The van der Waals surface area contributed by atoms with E-state index >= 15 is 0 Å². The van der Waals surface area contributed by atoms with Crippen molar-refractivity contribution >= 4 is 21.9 Å². The Labute approximate surface area is 82.9 Å². The Morgan fingerprint density at radius 1 is 1.85 bits per heavy atom. The highest BCUT2D eigenvalue weighted by atomic mass is 79.9. The molecule has 0 radical (unpaired) electrons. The molecule has 0 aliphatic heterocycles. The first-order valence-electron chi connectivity index (χ1n) is 3.54. The second-order valence-corrected chi connectivity index (χ2v) is 3.28. The maximum absolute atomic E-state index is 10.4. The zero-order valence-electron chi connectivity index (χ0n) is 6.94. The van der Waals surface area contributed by atoms with E-state index in [4.69, 9.17) is 10.8 Å². The average Bonchev–Trinajstić information content (AvgIpc) is 2.31. The summed E-state index contributed by atoms with van der Waals surface area (Å²) in [6.45, 7) is 0. The lowest BCUT2D eigenvalue weighted by Crippen LogP contribution is -2.32. The molecule has 1 unspecified atom stereocenters. The summed E-state index contributed by atoms with van der Waals surface area (Å²) in [4.78, 5) is 14.4. The SMILES string of the molecule is Cn1nc(CC(N)C(=O)O)nc1Br. The van der Waals surface area contributed by atoms with Crippen LogP contribution in [0.5, 0.6) is 0 Å². The van der Waals surface area contributed by atoms with Gasteiger partial charge in [-0.1, -0.05) is 0 Å². The summed E-state index contributed by atoms with van der Waals surface area (Å²) in [5, 5.41) is 12.5. The van der Waals surface area contributed by atoms with Crippen molar-refractivity contribution in [3.63, 3.8) is 0 Å². The van der Waals surface area contributed by atoms with Crippen LogP contribution in [0.4, 0.5) is 0 Å². The van der Waals surface area contributed by atoms with Gasteiger partial charge in [-0.25, -0.2) is 9.67 Å². The molecule has 0 fully saturated rings. The number of nitrogens with two attached hydrogens (primary N) is 1. The van der Waals surface area contributed by atoms with E-state index in [0.717, 1.165) is 0 Å². The molecule has 0 spiro atoms. The van der Waals surface area contributed by atoms with Crippen molar-refractivity contribution in [2.24, 2.45) is 12.8 Å². The van der Waals surface area contributed by atoms with Gasteiger partial charge in [-0.15, -0.1) is 0 Å². The van der Waals surface area contributed by atoms with E-state index < -0.39 is 12.0 Å². The standard InChI is InChI=1S/C6H9BrN4O2/c1-11-6(7)9-4(10-11)2-3(8)5(12)13/h3H,2,8H2,1H3,(H,12,13). The van der Waals surface area contributed by atoms with Crippen molar-refractivity contribution in [3.8, 4) is 0 Å². The Balaban J connectivity index is 2.69. The topological polar surface area (TPSA) is 94.0 Å². The molecule has 0 aliphatic carbocycles. The molecule has 7 heteroatoms. The summed E-state index contributed by atoms with van der Waals surface area (Å²) in [6.07, 6.45) is 0.134. The van der Waals surface area contributed by atoms with Crippen molar-refractivity contribution in [2.75, 3.05) is 0 Å². The van der Waals surface area contributed by atoms with Gasteiger partial charge in [-0.05, 0) is 15.9 Å². The van der Waals surface area contributed by atoms with E-state index in [-0.39, 0.29) is 6.42 Å². The third kappa shape index (κ3) is 2.49. The van der Waals surface area contributed by atoms with Crippen LogP contribution in [0.2, 0.25) is 0 Å². The van der Waals surface area contributed by atoms with Crippen molar-refractivity contribution in [1.82, 2.24) is 14.8 Å². The molecule has 6 nitrogen and oxygen atoms in total. The van der Waals surface area contributed by atoms with Gasteiger partial charge in [0.15, 0.2) is 10.6 Å². The average molecular weight is 249 g/mol. The third-order valence-corrected chi connectivity index (χ3v) is 2.16. The summed E-state index contributed by atoms with van der Waals surface area (Å²) in [5.41, 5.74) is 5.30. The Hall–Kier alpha value is -0.950. The van der Waals surface area contributed by atoms with Gasteiger partial charge in [-0.2, -0.15) is 5.10 Å². The molecule has 3 N–H and O–H groups in total. The molecule has 1 atom stereocenters. The van der Waals surface area contributed by atoms with E-state index in [0.29, 0.717) is 10.6 Å². The number of nitrogens with zero attached hydrogens (tertiary/aromatic N) is 3. The normalized spacial score (nSPS) is 12.8. The first-order chi connectivity index (χ1) is 6.00. The molecular weight excluding hydrogens is 240 g/mol. The van der Waals surface area contributed by atoms with Crippen LogP contribution in [-0.4, -0.2) is 31.9 Å². The highest BCUT2D eigenvalue weighted by molar-refractivity contribution is 9.10. The maximum atomic E-state index is 10.4. The first-order valence-corrected chi connectivity index (χ1v) is 4.34. The fourth-order valence-electron chi connectivity index (χ4n) is 0.786. The second-order valence-electron chi connectivity index (χ2n) is 2.57. The third-order valence-electron chi connectivity index (χ3n) is 1.47. The predicted octanol–water partition coefficient (Wildman–Crippen LogP) is -0.468. The number of rotatable bonds is 3. The van der Waals surface area contributed by atoms with Gasteiger partial charge in [0.1, 0.15) is 6.04 Å². The predicted molar refractivity (Wildman–Crippen MR) is 48.0 cm³/mol. The van der Waals surface area contributed by atoms with Crippen LogP contribution in [0.3, 0.4) is 0 Å². The molecular formula is C6H9BrN4O2. The molecule has 0 saturated carbocycles. The van der Waals surface area contributed by atoms with E-state index in [1.807, 2.05) is 0 Å². The number of carbonyl (C=O) groups is 1. The van der Waals surface area contributed by atoms with E-state index in [1.165, 1.54) is 4.68 Å². The number of carboxylic acid groups (broad SMARTS) is 1.